The maximum atomic E-state index is 12.5. The Kier molecular flexibility index (Phi) is 7.55. The molecule has 0 atom stereocenters. The number of hydrogen-bond acceptors (Lipinski definition) is 6. The van der Waals surface area contributed by atoms with Crippen LogP contribution in [0.5, 0.6) is 5.75 Å². The molecular formula is C21H27N3O6S2. The summed E-state index contributed by atoms with van der Waals surface area (Å²) in [6.07, 6.45) is 1.74. The first kappa shape index (κ1) is 24.2. The molecule has 2 aromatic carbocycles. The highest BCUT2D eigenvalue weighted by Crippen LogP contribution is 2.23. The highest BCUT2D eigenvalue weighted by Gasteiger charge is 2.27. The molecule has 0 aliphatic carbocycles. The lowest BCUT2D eigenvalue weighted by Gasteiger charge is -2.15. The third-order valence-corrected chi connectivity index (χ3v) is 8.83. The Balaban J connectivity index is 1.49. The molecule has 1 heterocycles. The van der Waals surface area contributed by atoms with Crippen LogP contribution in [0.15, 0.2) is 58.3 Å². The smallest absolute Gasteiger partial charge is 0.258 e. The van der Waals surface area contributed by atoms with Crippen LogP contribution in [0, 0.1) is 0 Å². The Morgan fingerprint density at radius 1 is 0.938 bits per heavy atom. The molecule has 1 amide bonds. The van der Waals surface area contributed by atoms with E-state index in [1.807, 2.05) is 0 Å². The fourth-order valence-electron chi connectivity index (χ4n) is 3.18. The number of hydrogen-bond donors (Lipinski definition) is 1. The molecule has 1 N–H and O–H groups in total. The molecule has 0 radical (unpaired) electrons. The van der Waals surface area contributed by atoms with Gasteiger partial charge in [-0.3, -0.25) is 4.79 Å². The molecular weight excluding hydrogens is 454 g/mol. The summed E-state index contributed by atoms with van der Waals surface area (Å²) in [5, 5.41) is 2.70. The summed E-state index contributed by atoms with van der Waals surface area (Å²) in [6, 6.07) is 12.3. The van der Waals surface area contributed by atoms with Crippen molar-refractivity contribution in [1.29, 1.82) is 0 Å². The zero-order chi connectivity index (χ0) is 23.4. The zero-order valence-electron chi connectivity index (χ0n) is 18.0. The van der Waals surface area contributed by atoms with Gasteiger partial charge in [0.25, 0.3) is 5.91 Å². The Morgan fingerprint density at radius 2 is 1.50 bits per heavy atom. The van der Waals surface area contributed by atoms with E-state index in [4.69, 9.17) is 4.74 Å². The SMILES string of the molecule is CN(C)S(=O)(=O)c1ccc(CNC(=O)COc2ccc(S(=O)(=O)N3CCCC3)cc2)cc1. The van der Waals surface area contributed by atoms with Crippen molar-refractivity contribution in [3.05, 3.63) is 54.1 Å². The number of rotatable bonds is 9. The normalized spacial score (nSPS) is 15.1. The van der Waals surface area contributed by atoms with E-state index in [0.717, 1.165) is 22.7 Å². The maximum Gasteiger partial charge on any atom is 0.258 e. The van der Waals surface area contributed by atoms with Crippen molar-refractivity contribution in [3.8, 4) is 5.75 Å². The molecule has 1 aliphatic heterocycles. The van der Waals surface area contributed by atoms with Crippen molar-refractivity contribution in [2.24, 2.45) is 0 Å². The average Bonchev–Trinajstić information content (AvgIpc) is 3.33. The van der Waals surface area contributed by atoms with Crippen LogP contribution < -0.4 is 10.1 Å². The van der Waals surface area contributed by atoms with Gasteiger partial charge in [0.05, 0.1) is 9.79 Å². The van der Waals surface area contributed by atoms with E-state index in [9.17, 15) is 21.6 Å². The van der Waals surface area contributed by atoms with Gasteiger partial charge in [-0.1, -0.05) is 12.1 Å². The quantitative estimate of drug-likeness (QED) is 0.580. The number of nitrogens with zero attached hydrogens (tertiary/aromatic N) is 2. The fourth-order valence-corrected chi connectivity index (χ4v) is 5.59. The summed E-state index contributed by atoms with van der Waals surface area (Å²) in [6.45, 7) is 1.06. The Bertz CT molecular complexity index is 1140. The molecule has 0 spiro atoms. The number of carbonyl (C=O) groups excluding carboxylic acids is 1. The molecule has 0 unspecified atom stereocenters. The van der Waals surface area contributed by atoms with E-state index in [1.54, 1.807) is 12.1 Å². The van der Waals surface area contributed by atoms with E-state index in [-0.39, 0.29) is 28.8 Å². The van der Waals surface area contributed by atoms with Gasteiger partial charge in [-0.25, -0.2) is 21.1 Å². The van der Waals surface area contributed by atoms with Crippen LogP contribution in [-0.4, -0.2) is 65.1 Å². The first-order chi connectivity index (χ1) is 15.1. The molecule has 9 nitrogen and oxygen atoms in total. The molecule has 1 aliphatic rings. The second-order valence-corrected chi connectivity index (χ2v) is 11.7. The molecule has 0 saturated carbocycles. The lowest BCUT2D eigenvalue weighted by atomic mass is 10.2. The number of nitrogens with one attached hydrogen (secondary N) is 1. The van der Waals surface area contributed by atoms with Gasteiger partial charge >= 0.3 is 0 Å². The standard InChI is InChI=1S/C21H27N3O6S2/c1-23(2)31(26,27)19-9-5-17(6-10-19)15-22-21(25)16-30-18-7-11-20(12-8-18)32(28,29)24-13-3-4-14-24/h5-12H,3-4,13-16H2,1-2H3,(H,22,25). The van der Waals surface area contributed by atoms with E-state index in [0.29, 0.717) is 18.8 Å². The summed E-state index contributed by atoms with van der Waals surface area (Å²) in [5.74, 6) is 0.0301. The van der Waals surface area contributed by atoms with Gasteiger partial charge in [-0.15, -0.1) is 0 Å². The van der Waals surface area contributed by atoms with Gasteiger partial charge in [0.1, 0.15) is 5.75 Å². The van der Waals surface area contributed by atoms with Gasteiger partial charge in [0, 0.05) is 33.7 Å². The third kappa shape index (κ3) is 5.66. The van der Waals surface area contributed by atoms with E-state index in [1.165, 1.54) is 54.8 Å². The molecule has 1 fully saturated rings. The molecule has 3 rings (SSSR count). The second-order valence-electron chi connectivity index (χ2n) is 7.58. The van der Waals surface area contributed by atoms with E-state index >= 15 is 0 Å². The summed E-state index contributed by atoms with van der Waals surface area (Å²) in [7, 11) is -4.06. The minimum absolute atomic E-state index is 0.177. The number of ether oxygens (including phenoxy) is 1. The fraction of sp³-hybridized carbons (Fsp3) is 0.381. The van der Waals surface area contributed by atoms with Gasteiger partial charge in [0.2, 0.25) is 20.0 Å². The largest absolute Gasteiger partial charge is 0.484 e. The molecule has 32 heavy (non-hydrogen) atoms. The number of benzene rings is 2. The minimum atomic E-state index is -3.50. The van der Waals surface area contributed by atoms with Crippen molar-refractivity contribution in [2.75, 3.05) is 33.8 Å². The van der Waals surface area contributed by atoms with E-state index in [2.05, 4.69) is 5.32 Å². The molecule has 174 valence electrons. The highest BCUT2D eigenvalue weighted by atomic mass is 32.2. The Morgan fingerprint density at radius 3 is 2.06 bits per heavy atom. The summed E-state index contributed by atoms with van der Waals surface area (Å²) < 4.78 is 57.2. The summed E-state index contributed by atoms with van der Waals surface area (Å²) in [4.78, 5) is 12.4. The first-order valence-electron chi connectivity index (χ1n) is 10.1. The van der Waals surface area contributed by atoms with Gasteiger partial charge in [0.15, 0.2) is 6.61 Å². The van der Waals surface area contributed by atoms with Crippen LogP contribution in [0.25, 0.3) is 0 Å². The first-order valence-corrected chi connectivity index (χ1v) is 13.0. The molecule has 0 aromatic heterocycles. The van der Waals surface area contributed by atoms with Crippen molar-refractivity contribution >= 4 is 26.0 Å². The van der Waals surface area contributed by atoms with Crippen LogP contribution >= 0.6 is 0 Å². The summed E-state index contributed by atoms with van der Waals surface area (Å²) >= 11 is 0. The highest BCUT2D eigenvalue weighted by molar-refractivity contribution is 7.89. The van der Waals surface area contributed by atoms with Gasteiger partial charge in [-0.05, 0) is 54.8 Å². The minimum Gasteiger partial charge on any atom is -0.484 e. The Labute approximate surface area is 189 Å². The van der Waals surface area contributed by atoms with Crippen LogP contribution in [0.3, 0.4) is 0 Å². The van der Waals surface area contributed by atoms with Crippen molar-refractivity contribution in [3.63, 3.8) is 0 Å². The van der Waals surface area contributed by atoms with Crippen LogP contribution in [0.2, 0.25) is 0 Å². The summed E-state index contributed by atoms with van der Waals surface area (Å²) in [5.41, 5.74) is 0.743. The van der Waals surface area contributed by atoms with Crippen molar-refractivity contribution in [1.82, 2.24) is 13.9 Å². The number of sulfonamides is 2. The molecule has 1 saturated heterocycles. The van der Waals surface area contributed by atoms with Crippen LogP contribution in [-0.2, 0) is 31.4 Å². The molecule has 0 bridgehead atoms. The Hall–Kier alpha value is -2.47. The molecule has 11 heteroatoms. The lowest BCUT2D eigenvalue weighted by molar-refractivity contribution is -0.123. The average molecular weight is 482 g/mol. The van der Waals surface area contributed by atoms with Crippen LogP contribution in [0.4, 0.5) is 0 Å². The maximum absolute atomic E-state index is 12.5. The van der Waals surface area contributed by atoms with Crippen molar-refractivity contribution in [2.45, 2.75) is 29.2 Å². The lowest BCUT2D eigenvalue weighted by Crippen LogP contribution is -2.28. The topological polar surface area (TPSA) is 113 Å². The number of amides is 1. The predicted molar refractivity (Wildman–Crippen MR) is 119 cm³/mol. The molecule has 2 aromatic rings. The second kappa shape index (κ2) is 9.99. The zero-order valence-corrected chi connectivity index (χ0v) is 19.7. The van der Waals surface area contributed by atoms with E-state index < -0.39 is 20.0 Å². The van der Waals surface area contributed by atoms with Crippen LogP contribution in [0.1, 0.15) is 18.4 Å². The predicted octanol–water partition coefficient (Wildman–Crippen LogP) is 1.42. The monoisotopic (exact) mass is 481 g/mol. The number of carbonyl (C=O) groups is 1. The van der Waals surface area contributed by atoms with Gasteiger partial charge in [-0.2, -0.15) is 4.31 Å². The van der Waals surface area contributed by atoms with Gasteiger partial charge < -0.3 is 10.1 Å². The van der Waals surface area contributed by atoms with Crippen molar-refractivity contribution < 1.29 is 26.4 Å². The third-order valence-electron chi connectivity index (χ3n) is 5.09.